The largest absolute Gasteiger partial charge is 0.336 e. The zero-order valence-electron chi connectivity index (χ0n) is 18.5. The lowest BCUT2D eigenvalue weighted by molar-refractivity contribution is 0.0643. The summed E-state index contributed by atoms with van der Waals surface area (Å²) in [6.45, 7) is 6.55. The van der Waals surface area contributed by atoms with Crippen molar-refractivity contribution >= 4 is 11.6 Å². The highest BCUT2D eigenvalue weighted by Crippen LogP contribution is 2.28. The van der Waals surface area contributed by atoms with Crippen LogP contribution in [0.5, 0.6) is 0 Å². The Morgan fingerprint density at radius 1 is 1.00 bits per heavy atom. The molecule has 0 saturated carbocycles. The van der Waals surface area contributed by atoms with Crippen LogP contribution >= 0.6 is 0 Å². The minimum absolute atomic E-state index is 0.0758. The highest BCUT2D eigenvalue weighted by molar-refractivity contribution is 5.94. The first-order valence-electron chi connectivity index (χ1n) is 11.1. The molecule has 33 heavy (non-hydrogen) atoms. The van der Waals surface area contributed by atoms with Gasteiger partial charge in [-0.1, -0.05) is 37.3 Å². The lowest BCUT2D eigenvalue weighted by Crippen LogP contribution is -2.48. The van der Waals surface area contributed by atoms with Crippen LogP contribution in [0.2, 0.25) is 0 Å². The van der Waals surface area contributed by atoms with Gasteiger partial charge in [0, 0.05) is 54.6 Å². The molecule has 7 heteroatoms. The molecule has 1 amide bonds. The summed E-state index contributed by atoms with van der Waals surface area (Å²) in [4.78, 5) is 22.0. The smallest absolute Gasteiger partial charge is 0.253 e. The van der Waals surface area contributed by atoms with Gasteiger partial charge in [0.15, 0.2) is 5.65 Å². The van der Waals surface area contributed by atoms with Gasteiger partial charge in [0.05, 0.1) is 23.5 Å². The van der Waals surface area contributed by atoms with E-state index in [4.69, 9.17) is 4.98 Å². The van der Waals surface area contributed by atoms with E-state index in [1.165, 1.54) is 0 Å². The number of fused-ring (bicyclic) bond motifs is 1. The van der Waals surface area contributed by atoms with E-state index in [0.717, 1.165) is 55.1 Å². The summed E-state index contributed by atoms with van der Waals surface area (Å²) in [5, 5.41) is 13.9. The number of carbonyl (C=O) groups is 1. The number of hydrogen-bond acceptors (Lipinski definition) is 5. The van der Waals surface area contributed by atoms with Gasteiger partial charge in [-0.25, -0.2) is 9.50 Å². The van der Waals surface area contributed by atoms with Crippen molar-refractivity contribution < 1.29 is 4.79 Å². The van der Waals surface area contributed by atoms with E-state index in [9.17, 15) is 10.1 Å². The number of aromatic nitrogens is 3. The lowest BCUT2D eigenvalue weighted by atomic mass is 10.0. The molecule has 164 valence electrons. The molecule has 0 spiro atoms. The molecule has 7 nitrogen and oxygen atoms in total. The first-order valence-corrected chi connectivity index (χ1v) is 11.1. The molecule has 1 fully saturated rings. The lowest BCUT2D eigenvalue weighted by Gasteiger charge is -2.34. The number of nitriles is 1. The van der Waals surface area contributed by atoms with Crippen molar-refractivity contribution in [3.63, 3.8) is 0 Å². The van der Waals surface area contributed by atoms with Crippen LogP contribution in [0, 0.1) is 11.3 Å². The van der Waals surface area contributed by atoms with Crippen LogP contribution in [0.15, 0.2) is 67.0 Å². The van der Waals surface area contributed by atoms with Gasteiger partial charge in [0.2, 0.25) is 0 Å². The molecule has 0 aliphatic carbocycles. The van der Waals surface area contributed by atoms with E-state index in [1.54, 1.807) is 16.8 Å². The molecule has 2 aromatic heterocycles. The summed E-state index contributed by atoms with van der Waals surface area (Å²) in [6, 6.07) is 19.2. The molecular weight excluding hydrogens is 412 g/mol. The first kappa shape index (κ1) is 20.9. The average Bonchev–Trinajstić information content (AvgIpc) is 3.31. The number of carbonyl (C=O) groups excluding carboxylic acids is 1. The Labute approximate surface area is 192 Å². The molecule has 2 aromatic carbocycles. The van der Waals surface area contributed by atoms with E-state index in [2.05, 4.69) is 23.0 Å². The fraction of sp³-hybridized carbons (Fsp3) is 0.231. The maximum atomic E-state index is 12.9. The Bertz CT molecular complexity index is 1340. The second-order valence-corrected chi connectivity index (χ2v) is 8.10. The number of benzene rings is 2. The fourth-order valence-electron chi connectivity index (χ4n) is 4.27. The molecule has 0 N–H and O–H groups in total. The first-order chi connectivity index (χ1) is 16.2. The maximum Gasteiger partial charge on any atom is 0.253 e. The number of nitrogens with zero attached hydrogens (tertiary/aromatic N) is 6. The summed E-state index contributed by atoms with van der Waals surface area (Å²) >= 11 is 0. The van der Waals surface area contributed by atoms with Crippen molar-refractivity contribution in [1.82, 2.24) is 24.4 Å². The van der Waals surface area contributed by atoms with E-state index >= 15 is 0 Å². The summed E-state index contributed by atoms with van der Waals surface area (Å²) in [7, 11) is 0. The van der Waals surface area contributed by atoms with E-state index in [0.29, 0.717) is 16.8 Å². The predicted molar refractivity (Wildman–Crippen MR) is 127 cm³/mol. The number of likely N-dealkylation sites (N-methyl/N-ethyl adjacent to an activating group) is 1. The Morgan fingerprint density at radius 3 is 2.48 bits per heavy atom. The summed E-state index contributed by atoms with van der Waals surface area (Å²) < 4.78 is 1.71. The highest BCUT2D eigenvalue weighted by Gasteiger charge is 2.21. The van der Waals surface area contributed by atoms with Crippen molar-refractivity contribution in [2.45, 2.75) is 6.92 Å². The van der Waals surface area contributed by atoms with Crippen LogP contribution in [0.1, 0.15) is 22.8 Å². The number of piperazine rings is 1. The number of rotatable bonds is 4. The Hall–Kier alpha value is -4.02. The van der Waals surface area contributed by atoms with Crippen molar-refractivity contribution in [2.24, 2.45) is 0 Å². The molecule has 4 aromatic rings. The molecule has 1 aliphatic rings. The molecule has 0 atom stereocenters. The SMILES string of the molecule is CCN1CCN(C(=O)c2ccc(-c3ccn4ncc(-c5ccccc5C#N)c4n3)cc2)CC1. The molecule has 1 aliphatic heterocycles. The van der Waals surface area contributed by atoms with Gasteiger partial charge < -0.3 is 9.80 Å². The van der Waals surface area contributed by atoms with E-state index in [1.807, 2.05) is 59.6 Å². The van der Waals surface area contributed by atoms with Crippen LogP contribution in [-0.2, 0) is 0 Å². The third kappa shape index (κ3) is 3.97. The maximum absolute atomic E-state index is 12.9. The van der Waals surface area contributed by atoms with E-state index < -0.39 is 0 Å². The van der Waals surface area contributed by atoms with Crippen LogP contribution in [0.3, 0.4) is 0 Å². The van der Waals surface area contributed by atoms with Crippen LogP contribution in [0.25, 0.3) is 28.0 Å². The van der Waals surface area contributed by atoms with Gasteiger partial charge in [-0.2, -0.15) is 10.4 Å². The molecule has 0 unspecified atom stereocenters. The third-order valence-electron chi connectivity index (χ3n) is 6.24. The van der Waals surface area contributed by atoms with Crippen molar-refractivity contribution in [2.75, 3.05) is 32.7 Å². The summed E-state index contributed by atoms with van der Waals surface area (Å²) in [5.74, 6) is 0.0758. The third-order valence-corrected chi connectivity index (χ3v) is 6.24. The van der Waals surface area contributed by atoms with Gasteiger partial charge in [0.25, 0.3) is 5.91 Å². The Balaban J connectivity index is 1.42. The molecule has 1 saturated heterocycles. The second kappa shape index (κ2) is 8.85. The zero-order valence-corrected chi connectivity index (χ0v) is 18.5. The minimum atomic E-state index is 0.0758. The molecule has 5 rings (SSSR count). The predicted octanol–water partition coefficient (Wildman–Crippen LogP) is 3.71. The van der Waals surface area contributed by atoms with Gasteiger partial charge in [0.1, 0.15) is 0 Å². The number of hydrogen-bond donors (Lipinski definition) is 0. The Kier molecular flexibility index (Phi) is 5.59. The van der Waals surface area contributed by atoms with Gasteiger partial charge in [-0.15, -0.1) is 0 Å². The quantitative estimate of drug-likeness (QED) is 0.487. The fourth-order valence-corrected chi connectivity index (χ4v) is 4.27. The summed E-state index contributed by atoms with van der Waals surface area (Å²) in [6.07, 6.45) is 3.60. The van der Waals surface area contributed by atoms with Gasteiger partial charge >= 0.3 is 0 Å². The highest BCUT2D eigenvalue weighted by atomic mass is 16.2. The Morgan fingerprint density at radius 2 is 1.76 bits per heavy atom. The molecule has 0 radical (unpaired) electrons. The molecule has 3 heterocycles. The summed E-state index contributed by atoms with van der Waals surface area (Å²) in [5.41, 5.74) is 5.29. The molecule has 0 bridgehead atoms. The average molecular weight is 437 g/mol. The number of amides is 1. The zero-order chi connectivity index (χ0) is 22.8. The van der Waals surface area contributed by atoms with Crippen LogP contribution in [-0.4, -0.2) is 63.0 Å². The van der Waals surface area contributed by atoms with Gasteiger partial charge in [-0.05, 0) is 30.8 Å². The van der Waals surface area contributed by atoms with Crippen molar-refractivity contribution in [3.05, 3.63) is 78.1 Å². The van der Waals surface area contributed by atoms with E-state index in [-0.39, 0.29) is 5.91 Å². The van der Waals surface area contributed by atoms with Gasteiger partial charge in [-0.3, -0.25) is 4.79 Å². The molecular formula is C26H24N6O. The second-order valence-electron chi connectivity index (χ2n) is 8.10. The topological polar surface area (TPSA) is 77.5 Å². The minimum Gasteiger partial charge on any atom is -0.336 e. The van der Waals surface area contributed by atoms with Crippen LogP contribution in [0.4, 0.5) is 0 Å². The van der Waals surface area contributed by atoms with Crippen molar-refractivity contribution in [1.29, 1.82) is 5.26 Å². The standard InChI is InChI=1S/C26H24N6O/c1-2-30-13-15-31(16-14-30)26(33)20-9-7-19(8-10-20)24-11-12-32-25(29-24)23(18-28-32)22-6-4-3-5-21(22)17-27/h3-12,18H,2,13-16H2,1H3. The van der Waals surface area contributed by atoms with Crippen molar-refractivity contribution in [3.8, 4) is 28.5 Å². The van der Waals surface area contributed by atoms with Crippen LogP contribution < -0.4 is 0 Å². The normalized spacial score (nSPS) is 14.4. The monoisotopic (exact) mass is 436 g/mol.